The fraction of sp³-hybridized carbons (Fsp3) is 0.368. The van der Waals surface area contributed by atoms with Crippen molar-refractivity contribution in [2.75, 3.05) is 19.6 Å². The van der Waals surface area contributed by atoms with Crippen molar-refractivity contribution in [3.05, 3.63) is 59.9 Å². The van der Waals surface area contributed by atoms with Crippen LogP contribution in [0, 0.1) is 6.92 Å². The first-order valence-corrected chi connectivity index (χ1v) is 9.17. The highest BCUT2D eigenvalue weighted by atomic mass is 32.2. The van der Waals surface area contributed by atoms with Crippen molar-refractivity contribution in [3.63, 3.8) is 0 Å². The molecule has 2 unspecified atom stereocenters. The van der Waals surface area contributed by atoms with E-state index in [0.717, 1.165) is 30.1 Å². The summed E-state index contributed by atoms with van der Waals surface area (Å²) in [7, 11) is 0. The maximum Gasteiger partial charge on any atom is 0.236 e. The van der Waals surface area contributed by atoms with Crippen molar-refractivity contribution in [3.8, 4) is 0 Å². The Morgan fingerprint density at radius 1 is 1.33 bits per heavy atom. The maximum atomic E-state index is 13.0. The number of hydrogen-bond donors (Lipinski definition) is 1. The van der Waals surface area contributed by atoms with Crippen molar-refractivity contribution in [1.29, 1.82) is 0 Å². The molecule has 0 spiro atoms. The molecule has 2 heterocycles. The first-order valence-electron chi connectivity index (χ1n) is 8.29. The highest BCUT2D eigenvalue weighted by Gasteiger charge is 2.31. The first kappa shape index (κ1) is 17.0. The number of amides is 1. The molecule has 1 aliphatic heterocycles. The van der Waals surface area contributed by atoms with Gasteiger partial charge in [0.05, 0.1) is 11.3 Å². The van der Waals surface area contributed by atoms with Gasteiger partial charge in [-0.15, -0.1) is 11.8 Å². The molecule has 2 atom stereocenters. The molecule has 3 rings (SSSR count). The number of carbonyl (C=O) groups excluding carboxylic acids is 1. The van der Waals surface area contributed by atoms with Gasteiger partial charge < -0.3 is 10.2 Å². The van der Waals surface area contributed by atoms with E-state index < -0.39 is 0 Å². The summed E-state index contributed by atoms with van der Waals surface area (Å²) in [6.07, 6.45) is 3.62. The molecule has 4 nitrogen and oxygen atoms in total. The van der Waals surface area contributed by atoms with Crippen LogP contribution in [-0.4, -0.2) is 40.7 Å². The third-order valence-electron chi connectivity index (χ3n) is 4.28. The number of carbonyl (C=O) groups is 1. The minimum atomic E-state index is -0.107. The number of nitrogens with zero attached hydrogens (tertiary/aromatic N) is 2. The average Bonchev–Trinajstić information content (AvgIpc) is 2.63. The molecular weight excluding hydrogens is 318 g/mol. The van der Waals surface area contributed by atoms with Gasteiger partial charge in [-0.05, 0) is 37.6 Å². The van der Waals surface area contributed by atoms with Crippen molar-refractivity contribution < 1.29 is 4.79 Å². The fourth-order valence-corrected chi connectivity index (χ4v) is 3.88. The quantitative estimate of drug-likeness (QED) is 0.868. The second-order valence-corrected chi connectivity index (χ2v) is 7.53. The van der Waals surface area contributed by atoms with Crippen LogP contribution < -0.4 is 5.32 Å². The number of thioether (sulfide) groups is 1. The van der Waals surface area contributed by atoms with Crippen LogP contribution in [0.15, 0.2) is 53.7 Å². The van der Waals surface area contributed by atoms with Crippen LogP contribution in [0.4, 0.5) is 0 Å². The predicted molar refractivity (Wildman–Crippen MR) is 98.1 cm³/mol. The van der Waals surface area contributed by atoms with E-state index in [1.54, 1.807) is 18.0 Å². The van der Waals surface area contributed by atoms with Crippen molar-refractivity contribution in [2.24, 2.45) is 0 Å². The molecule has 126 valence electrons. The van der Waals surface area contributed by atoms with Crippen LogP contribution in [0.1, 0.15) is 24.1 Å². The number of benzene rings is 1. The number of pyridine rings is 1. The molecule has 1 aromatic carbocycles. The molecule has 2 aromatic rings. The summed E-state index contributed by atoms with van der Waals surface area (Å²) in [5, 5.41) is 3.28. The molecule has 0 radical (unpaired) electrons. The standard InChI is InChI=1S/C19H23N3OS/c1-14-5-7-17(8-6-14)24-15(2)19(23)22-11-10-21-13-18(22)16-4-3-9-20-12-16/h3-9,12,15,18,21H,10-11,13H2,1-2H3. The van der Waals surface area contributed by atoms with E-state index in [4.69, 9.17) is 0 Å². The summed E-state index contributed by atoms with van der Waals surface area (Å²) in [6.45, 7) is 6.42. The Hall–Kier alpha value is -1.85. The van der Waals surface area contributed by atoms with E-state index >= 15 is 0 Å². The Kier molecular flexibility index (Phi) is 5.53. The third kappa shape index (κ3) is 3.97. The zero-order valence-electron chi connectivity index (χ0n) is 14.1. The van der Waals surface area contributed by atoms with Gasteiger partial charge in [-0.2, -0.15) is 0 Å². The maximum absolute atomic E-state index is 13.0. The lowest BCUT2D eigenvalue weighted by Crippen LogP contribution is -2.50. The second kappa shape index (κ2) is 7.81. The smallest absolute Gasteiger partial charge is 0.236 e. The van der Waals surface area contributed by atoms with Crippen LogP contribution in [0.25, 0.3) is 0 Å². The summed E-state index contributed by atoms with van der Waals surface area (Å²) in [5.41, 5.74) is 2.32. The van der Waals surface area contributed by atoms with E-state index in [0.29, 0.717) is 0 Å². The van der Waals surface area contributed by atoms with E-state index in [-0.39, 0.29) is 17.2 Å². The predicted octanol–water partition coefficient (Wildman–Crippen LogP) is 3.04. The summed E-state index contributed by atoms with van der Waals surface area (Å²) in [4.78, 5) is 20.3. The van der Waals surface area contributed by atoms with E-state index in [2.05, 4.69) is 41.5 Å². The summed E-state index contributed by atoms with van der Waals surface area (Å²) in [6, 6.07) is 12.4. The number of hydrogen-bond acceptors (Lipinski definition) is 4. The van der Waals surface area contributed by atoms with Gasteiger partial charge >= 0.3 is 0 Å². The Labute approximate surface area is 147 Å². The van der Waals surface area contributed by atoms with Crippen LogP contribution >= 0.6 is 11.8 Å². The molecule has 5 heteroatoms. The topological polar surface area (TPSA) is 45.2 Å². The molecule has 0 saturated carbocycles. The second-order valence-electron chi connectivity index (χ2n) is 6.11. The molecule has 1 amide bonds. The molecule has 1 N–H and O–H groups in total. The van der Waals surface area contributed by atoms with Gasteiger partial charge in [-0.25, -0.2) is 0 Å². The van der Waals surface area contributed by atoms with Crippen molar-refractivity contribution >= 4 is 17.7 Å². The lowest BCUT2D eigenvalue weighted by atomic mass is 10.0. The molecule has 1 aliphatic rings. The Morgan fingerprint density at radius 2 is 2.12 bits per heavy atom. The van der Waals surface area contributed by atoms with Crippen LogP contribution in [0.5, 0.6) is 0 Å². The van der Waals surface area contributed by atoms with E-state index in [1.165, 1.54) is 5.56 Å². The SMILES string of the molecule is Cc1ccc(SC(C)C(=O)N2CCNCC2c2cccnc2)cc1. The highest BCUT2D eigenvalue weighted by molar-refractivity contribution is 8.00. The number of piperazine rings is 1. The Morgan fingerprint density at radius 3 is 2.83 bits per heavy atom. The van der Waals surface area contributed by atoms with Crippen molar-refractivity contribution in [1.82, 2.24) is 15.2 Å². The normalized spacial score (nSPS) is 19.1. The van der Waals surface area contributed by atoms with Gasteiger partial charge in [0.1, 0.15) is 0 Å². The minimum Gasteiger partial charge on any atom is -0.332 e. The Balaban J connectivity index is 1.72. The summed E-state index contributed by atoms with van der Waals surface area (Å²) >= 11 is 1.62. The van der Waals surface area contributed by atoms with E-state index in [9.17, 15) is 4.79 Å². The zero-order valence-corrected chi connectivity index (χ0v) is 14.9. The molecular formula is C19H23N3OS. The third-order valence-corrected chi connectivity index (χ3v) is 5.38. The monoisotopic (exact) mass is 341 g/mol. The molecule has 0 bridgehead atoms. The van der Waals surface area contributed by atoms with Gasteiger partial charge in [0.15, 0.2) is 0 Å². The van der Waals surface area contributed by atoms with Crippen LogP contribution in [-0.2, 0) is 4.79 Å². The molecule has 1 saturated heterocycles. The van der Waals surface area contributed by atoms with Gasteiger partial charge in [-0.1, -0.05) is 23.8 Å². The summed E-state index contributed by atoms with van der Waals surface area (Å²) < 4.78 is 0. The number of aromatic nitrogens is 1. The molecule has 1 fully saturated rings. The highest BCUT2D eigenvalue weighted by Crippen LogP contribution is 2.28. The Bertz CT molecular complexity index is 675. The van der Waals surface area contributed by atoms with Crippen molar-refractivity contribution in [2.45, 2.75) is 30.0 Å². The molecule has 24 heavy (non-hydrogen) atoms. The zero-order chi connectivity index (χ0) is 16.9. The van der Waals surface area contributed by atoms with Gasteiger partial charge in [-0.3, -0.25) is 9.78 Å². The fourth-order valence-electron chi connectivity index (χ4n) is 2.94. The molecule has 1 aromatic heterocycles. The average molecular weight is 341 g/mol. The minimum absolute atomic E-state index is 0.0565. The lowest BCUT2D eigenvalue weighted by Gasteiger charge is -2.37. The molecule has 0 aliphatic carbocycles. The van der Waals surface area contributed by atoms with Crippen LogP contribution in [0.3, 0.4) is 0 Å². The van der Waals surface area contributed by atoms with Gasteiger partial charge in [0.25, 0.3) is 0 Å². The van der Waals surface area contributed by atoms with Gasteiger partial charge in [0.2, 0.25) is 5.91 Å². The number of rotatable bonds is 4. The number of aryl methyl sites for hydroxylation is 1. The van der Waals surface area contributed by atoms with Crippen LogP contribution in [0.2, 0.25) is 0 Å². The summed E-state index contributed by atoms with van der Waals surface area (Å²) in [5.74, 6) is 0.191. The van der Waals surface area contributed by atoms with E-state index in [1.807, 2.05) is 30.2 Å². The lowest BCUT2D eigenvalue weighted by molar-refractivity contribution is -0.133. The largest absolute Gasteiger partial charge is 0.332 e. The first-order chi connectivity index (χ1) is 11.6. The number of nitrogens with one attached hydrogen (secondary N) is 1. The van der Waals surface area contributed by atoms with Gasteiger partial charge in [0, 0.05) is 36.9 Å².